The van der Waals surface area contributed by atoms with E-state index in [0.29, 0.717) is 63.1 Å². The number of ether oxygens (including phenoxy) is 2. The fraction of sp³-hybridized carbons (Fsp3) is 0.259. The lowest BCUT2D eigenvalue weighted by molar-refractivity contribution is -0.113. The maximum Gasteiger partial charge on any atom is 0.341 e. The fourth-order valence-electron chi connectivity index (χ4n) is 3.81. The van der Waals surface area contributed by atoms with Gasteiger partial charge in [-0.15, -0.1) is 21.5 Å². The van der Waals surface area contributed by atoms with Gasteiger partial charge >= 0.3 is 5.97 Å². The summed E-state index contributed by atoms with van der Waals surface area (Å²) in [5.74, 6) is 0.736. The first-order valence-electron chi connectivity index (χ1n) is 12.1. The Balaban J connectivity index is 1.34. The minimum atomic E-state index is -0.504. The molecule has 2 aromatic heterocycles. The third-order valence-corrected chi connectivity index (χ3v) is 8.05. The Kier molecular flexibility index (Phi) is 10.3. The number of carbonyl (C=O) groups excluding carboxylic acids is 2. The van der Waals surface area contributed by atoms with Gasteiger partial charge in [-0.05, 0) is 37.1 Å². The summed E-state index contributed by atoms with van der Waals surface area (Å²) in [5.41, 5.74) is 1.93. The fourth-order valence-corrected chi connectivity index (χ4v) is 6.07. The Morgan fingerprint density at radius 3 is 2.64 bits per heavy atom. The molecule has 4 rings (SSSR count). The summed E-state index contributed by atoms with van der Waals surface area (Å²) in [6, 6.07) is 14.6. The minimum absolute atomic E-state index is 0.107. The van der Waals surface area contributed by atoms with Crippen molar-refractivity contribution < 1.29 is 19.1 Å². The zero-order valence-electron chi connectivity index (χ0n) is 21.3. The summed E-state index contributed by atoms with van der Waals surface area (Å²) < 4.78 is 12.7. The standard InChI is InChI=1S/C27H26Cl2N4O4S2/c1-3-33-22(10-7-13-37-21-12-11-18(28)14-20(21)29)31-32-27(33)39-16-23(34)30-25-24(26(35)36-2)19(15-38-25)17-8-5-4-6-9-17/h4-6,8-9,11-12,14-15H,3,7,10,13,16H2,1-2H3,(H,30,34). The summed E-state index contributed by atoms with van der Waals surface area (Å²) in [4.78, 5) is 25.4. The van der Waals surface area contributed by atoms with Gasteiger partial charge in [0.15, 0.2) is 5.16 Å². The van der Waals surface area contributed by atoms with Crippen molar-refractivity contribution in [1.82, 2.24) is 14.8 Å². The van der Waals surface area contributed by atoms with Gasteiger partial charge in [-0.2, -0.15) is 0 Å². The summed E-state index contributed by atoms with van der Waals surface area (Å²) in [5, 5.41) is 15.4. The van der Waals surface area contributed by atoms with Crippen molar-refractivity contribution in [3.8, 4) is 16.9 Å². The van der Waals surface area contributed by atoms with Crippen molar-refractivity contribution in [3.05, 3.63) is 75.3 Å². The van der Waals surface area contributed by atoms with E-state index >= 15 is 0 Å². The molecule has 8 nitrogen and oxygen atoms in total. The van der Waals surface area contributed by atoms with E-state index in [1.807, 2.05) is 47.2 Å². The molecule has 0 aliphatic heterocycles. The molecular weight excluding hydrogens is 579 g/mol. The number of halogens is 2. The predicted octanol–water partition coefficient (Wildman–Crippen LogP) is 6.86. The van der Waals surface area contributed by atoms with Gasteiger partial charge in [-0.25, -0.2) is 4.79 Å². The lowest BCUT2D eigenvalue weighted by Gasteiger charge is -2.10. The van der Waals surface area contributed by atoms with Crippen LogP contribution >= 0.6 is 46.3 Å². The van der Waals surface area contributed by atoms with Crippen LogP contribution in [0.3, 0.4) is 0 Å². The molecule has 12 heteroatoms. The van der Waals surface area contributed by atoms with Crippen molar-refractivity contribution in [2.75, 3.05) is 24.8 Å². The van der Waals surface area contributed by atoms with Crippen LogP contribution in [0.5, 0.6) is 5.75 Å². The zero-order chi connectivity index (χ0) is 27.8. The van der Waals surface area contributed by atoms with Gasteiger partial charge in [0, 0.05) is 28.9 Å². The van der Waals surface area contributed by atoms with Crippen LogP contribution in [-0.2, 0) is 22.5 Å². The lowest BCUT2D eigenvalue weighted by atomic mass is 10.0. The first-order chi connectivity index (χ1) is 18.9. The maximum absolute atomic E-state index is 12.8. The number of thioether (sulfide) groups is 1. The molecule has 1 amide bonds. The number of amides is 1. The highest BCUT2D eigenvalue weighted by atomic mass is 35.5. The van der Waals surface area contributed by atoms with Crippen LogP contribution in [-0.4, -0.2) is 46.1 Å². The molecule has 2 heterocycles. The van der Waals surface area contributed by atoms with E-state index in [0.717, 1.165) is 11.4 Å². The third kappa shape index (κ3) is 7.33. The van der Waals surface area contributed by atoms with Crippen LogP contribution in [0.1, 0.15) is 29.5 Å². The van der Waals surface area contributed by atoms with Crippen LogP contribution in [0.25, 0.3) is 11.1 Å². The molecule has 2 aromatic carbocycles. The number of aromatic nitrogens is 3. The summed E-state index contributed by atoms with van der Waals surface area (Å²) in [7, 11) is 1.32. The maximum atomic E-state index is 12.8. The van der Waals surface area contributed by atoms with Crippen LogP contribution in [0, 0.1) is 0 Å². The average molecular weight is 606 g/mol. The van der Waals surface area contributed by atoms with Crippen molar-refractivity contribution in [3.63, 3.8) is 0 Å². The highest BCUT2D eigenvalue weighted by Crippen LogP contribution is 2.36. The quantitative estimate of drug-likeness (QED) is 0.107. The number of hydrogen-bond donors (Lipinski definition) is 1. The van der Waals surface area contributed by atoms with Gasteiger partial charge in [0.1, 0.15) is 22.1 Å². The number of esters is 1. The molecule has 0 saturated heterocycles. The van der Waals surface area contributed by atoms with Gasteiger partial charge < -0.3 is 19.4 Å². The van der Waals surface area contributed by atoms with E-state index in [9.17, 15) is 9.59 Å². The Bertz CT molecular complexity index is 1440. The molecule has 204 valence electrons. The first-order valence-corrected chi connectivity index (χ1v) is 14.7. The summed E-state index contributed by atoms with van der Waals surface area (Å²) in [6.45, 7) is 3.12. The van der Waals surface area contributed by atoms with Gasteiger partial charge in [0.25, 0.3) is 0 Å². The number of nitrogens with one attached hydrogen (secondary N) is 1. The number of methoxy groups -OCH3 is 1. The van der Waals surface area contributed by atoms with Gasteiger partial charge in [0.2, 0.25) is 5.91 Å². The molecule has 0 unspecified atom stereocenters. The number of hydrogen-bond acceptors (Lipinski definition) is 8. The van der Waals surface area contributed by atoms with E-state index in [2.05, 4.69) is 15.5 Å². The van der Waals surface area contributed by atoms with E-state index < -0.39 is 5.97 Å². The molecule has 0 radical (unpaired) electrons. The molecule has 1 N–H and O–H groups in total. The van der Waals surface area contributed by atoms with Crippen LogP contribution < -0.4 is 10.1 Å². The molecule has 0 spiro atoms. The van der Waals surface area contributed by atoms with Crippen LogP contribution in [0.15, 0.2) is 59.1 Å². The monoisotopic (exact) mass is 604 g/mol. The number of carbonyl (C=O) groups is 2. The SMILES string of the molecule is CCn1c(CCCOc2ccc(Cl)cc2Cl)nnc1SCC(=O)Nc1scc(-c2ccccc2)c1C(=O)OC. The normalized spacial score (nSPS) is 10.9. The second-order valence-corrected chi connectivity index (χ2v) is 10.9. The highest BCUT2D eigenvalue weighted by Gasteiger charge is 2.22. The molecule has 0 aliphatic carbocycles. The van der Waals surface area contributed by atoms with Crippen molar-refractivity contribution in [1.29, 1.82) is 0 Å². The summed E-state index contributed by atoms with van der Waals surface area (Å²) >= 11 is 14.7. The van der Waals surface area contributed by atoms with Crippen LogP contribution in [0.4, 0.5) is 5.00 Å². The number of nitrogens with zero attached hydrogens (tertiary/aromatic N) is 3. The van der Waals surface area contributed by atoms with Gasteiger partial charge in [-0.1, -0.05) is 65.3 Å². The molecule has 0 bridgehead atoms. The topological polar surface area (TPSA) is 95.3 Å². The number of benzene rings is 2. The molecule has 0 fully saturated rings. The van der Waals surface area contributed by atoms with Gasteiger partial charge in [-0.3, -0.25) is 4.79 Å². The van der Waals surface area contributed by atoms with Crippen LogP contribution in [0.2, 0.25) is 10.0 Å². The first kappa shape index (κ1) is 28.9. The molecular formula is C27H26Cl2N4O4S2. The lowest BCUT2D eigenvalue weighted by Crippen LogP contribution is -2.16. The Labute approximate surface area is 244 Å². The van der Waals surface area contributed by atoms with Gasteiger partial charge in [0.05, 0.1) is 24.5 Å². The second kappa shape index (κ2) is 13.8. The van der Waals surface area contributed by atoms with E-state index in [1.54, 1.807) is 18.2 Å². The second-order valence-electron chi connectivity index (χ2n) is 8.22. The smallest absolute Gasteiger partial charge is 0.341 e. The number of aryl methyl sites for hydroxylation is 1. The predicted molar refractivity (Wildman–Crippen MR) is 156 cm³/mol. The molecule has 0 aliphatic rings. The minimum Gasteiger partial charge on any atom is -0.492 e. The number of thiophene rings is 1. The molecule has 0 saturated carbocycles. The van der Waals surface area contributed by atoms with Crippen molar-refractivity contribution in [2.24, 2.45) is 0 Å². The molecule has 0 atom stereocenters. The van der Waals surface area contributed by atoms with Crippen molar-refractivity contribution in [2.45, 2.75) is 31.5 Å². The molecule has 4 aromatic rings. The average Bonchev–Trinajstić information content (AvgIpc) is 3.54. The Hall–Kier alpha value is -3.05. The largest absolute Gasteiger partial charge is 0.492 e. The number of anilines is 1. The van der Waals surface area contributed by atoms with E-state index in [1.165, 1.54) is 30.2 Å². The zero-order valence-corrected chi connectivity index (χ0v) is 24.4. The summed E-state index contributed by atoms with van der Waals surface area (Å²) in [6.07, 6.45) is 1.36. The number of rotatable bonds is 12. The Morgan fingerprint density at radius 1 is 1.13 bits per heavy atom. The van der Waals surface area contributed by atoms with Crippen molar-refractivity contribution >= 4 is 63.2 Å². The van der Waals surface area contributed by atoms with E-state index in [4.69, 9.17) is 32.7 Å². The molecule has 39 heavy (non-hydrogen) atoms. The third-order valence-electron chi connectivity index (χ3n) is 5.66. The van der Waals surface area contributed by atoms with E-state index in [-0.39, 0.29) is 11.7 Å². The highest BCUT2D eigenvalue weighted by molar-refractivity contribution is 7.99. The Morgan fingerprint density at radius 2 is 1.92 bits per heavy atom.